The fraction of sp³-hybridized carbons (Fsp3) is 0.375. The van der Waals surface area contributed by atoms with Gasteiger partial charge in [0.25, 0.3) is 0 Å². The smallest absolute Gasteiger partial charge is 0.336 e. The maximum Gasteiger partial charge on any atom is 0.336 e. The summed E-state index contributed by atoms with van der Waals surface area (Å²) >= 11 is 0. The fourth-order valence-corrected chi connectivity index (χ4v) is 3.90. The molecule has 5 heteroatoms. The van der Waals surface area contributed by atoms with Crippen LogP contribution in [0.25, 0.3) is 11.0 Å². The maximum atomic E-state index is 11.4. The molecule has 1 aliphatic heterocycles. The van der Waals surface area contributed by atoms with Crippen molar-refractivity contribution < 1.29 is 9.15 Å². The number of ether oxygens (including phenoxy) is 1. The molecule has 152 valence electrons. The van der Waals surface area contributed by atoms with Gasteiger partial charge in [-0.3, -0.25) is 4.90 Å². The Bertz CT molecular complexity index is 1040. The second-order valence-electron chi connectivity index (χ2n) is 7.70. The summed E-state index contributed by atoms with van der Waals surface area (Å²) in [6, 6.07) is 15.4. The minimum atomic E-state index is -0.338. The third kappa shape index (κ3) is 4.62. The number of rotatable bonds is 6. The second kappa shape index (κ2) is 8.70. The number of nitrogens with zero attached hydrogens (tertiary/aromatic N) is 2. The Morgan fingerprint density at radius 3 is 2.62 bits per heavy atom. The molecule has 2 heterocycles. The van der Waals surface area contributed by atoms with Crippen LogP contribution in [0.1, 0.15) is 17.5 Å². The van der Waals surface area contributed by atoms with E-state index >= 15 is 0 Å². The Balaban J connectivity index is 1.23. The number of anilines is 1. The second-order valence-corrected chi connectivity index (χ2v) is 7.70. The van der Waals surface area contributed by atoms with Gasteiger partial charge in [0.1, 0.15) is 11.3 Å². The molecule has 0 saturated carbocycles. The molecular formula is C24H28N2O3. The third-order valence-electron chi connectivity index (χ3n) is 5.77. The fourth-order valence-electron chi connectivity index (χ4n) is 3.90. The lowest BCUT2D eigenvalue weighted by Crippen LogP contribution is -2.47. The van der Waals surface area contributed by atoms with Gasteiger partial charge in [-0.05, 0) is 55.7 Å². The quantitative estimate of drug-likeness (QED) is 0.469. The highest BCUT2D eigenvalue weighted by Crippen LogP contribution is 2.24. The predicted molar refractivity (Wildman–Crippen MR) is 117 cm³/mol. The van der Waals surface area contributed by atoms with Crippen molar-refractivity contribution in [3.05, 3.63) is 70.1 Å². The number of fused-ring (bicyclic) bond motifs is 1. The molecule has 0 radical (unpaired) electrons. The number of hydrogen-bond acceptors (Lipinski definition) is 5. The predicted octanol–water partition coefficient (Wildman–Crippen LogP) is 4.00. The summed E-state index contributed by atoms with van der Waals surface area (Å²) in [7, 11) is 0. The van der Waals surface area contributed by atoms with E-state index in [4.69, 9.17) is 9.15 Å². The zero-order chi connectivity index (χ0) is 20.2. The molecule has 0 N–H and O–H groups in total. The van der Waals surface area contributed by atoms with Crippen LogP contribution in [0.3, 0.4) is 0 Å². The van der Waals surface area contributed by atoms with Crippen LogP contribution in [-0.2, 0) is 0 Å². The molecule has 0 bridgehead atoms. The van der Waals surface area contributed by atoms with E-state index in [1.807, 2.05) is 12.1 Å². The first-order valence-corrected chi connectivity index (χ1v) is 10.3. The minimum absolute atomic E-state index is 0.338. The zero-order valence-corrected chi connectivity index (χ0v) is 17.2. The lowest BCUT2D eigenvalue weighted by atomic mass is 10.1. The van der Waals surface area contributed by atoms with E-state index < -0.39 is 0 Å². The number of benzene rings is 2. The molecule has 1 fully saturated rings. The van der Waals surface area contributed by atoms with Gasteiger partial charge in [-0.15, -0.1) is 0 Å². The molecule has 0 aliphatic carbocycles. The van der Waals surface area contributed by atoms with Gasteiger partial charge in [-0.1, -0.05) is 12.1 Å². The molecule has 5 nitrogen and oxygen atoms in total. The molecule has 1 saturated heterocycles. The van der Waals surface area contributed by atoms with Crippen LogP contribution < -0.4 is 15.3 Å². The lowest BCUT2D eigenvalue weighted by Gasteiger charge is -2.37. The standard InChI is InChI=1S/C24H28N2O3/c1-18-5-3-6-22(19(18)2)26-14-12-25(13-15-26)11-4-16-28-21-9-7-20-8-10-24(27)29-23(20)17-21/h3,5-10,17H,4,11-16H2,1-2H3. The number of piperazine rings is 1. The molecular weight excluding hydrogens is 364 g/mol. The van der Waals surface area contributed by atoms with Gasteiger partial charge >= 0.3 is 5.63 Å². The van der Waals surface area contributed by atoms with E-state index in [0.29, 0.717) is 12.2 Å². The van der Waals surface area contributed by atoms with Crippen molar-refractivity contribution in [3.63, 3.8) is 0 Å². The SMILES string of the molecule is Cc1cccc(N2CCN(CCCOc3ccc4ccc(=O)oc4c3)CC2)c1C. The molecule has 1 aromatic heterocycles. The van der Waals surface area contributed by atoms with Crippen LogP contribution in [-0.4, -0.2) is 44.2 Å². The van der Waals surface area contributed by atoms with Gasteiger partial charge < -0.3 is 14.1 Å². The van der Waals surface area contributed by atoms with Crippen molar-refractivity contribution >= 4 is 16.7 Å². The maximum absolute atomic E-state index is 11.4. The van der Waals surface area contributed by atoms with E-state index in [1.165, 1.54) is 22.9 Å². The topological polar surface area (TPSA) is 45.9 Å². The van der Waals surface area contributed by atoms with Crippen LogP contribution in [0.2, 0.25) is 0 Å². The van der Waals surface area contributed by atoms with Gasteiger partial charge in [0, 0.05) is 55.9 Å². The first-order chi connectivity index (χ1) is 14.1. The summed E-state index contributed by atoms with van der Waals surface area (Å²) < 4.78 is 11.1. The average molecular weight is 392 g/mol. The average Bonchev–Trinajstić information content (AvgIpc) is 2.73. The highest BCUT2D eigenvalue weighted by atomic mass is 16.5. The Hall–Kier alpha value is -2.79. The molecule has 0 atom stereocenters. The van der Waals surface area contributed by atoms with Crippen molar-refractivity contribution in [1.82, 2.24) is 4.90 Å². The van der Waals surface area contributed by atoms with Gasteiger partial charge in [0.05, 0.1) is 6.61 Å². The highest BCUT2D eigenvalue weighted by Gasteiger charge is 2.18. The van der Waals surface area contributed by atoms with Gasteiger partial charge in [0.2, 0.25) is 0 Å². The van der Waals surface area contributed by atoms with E-state index in [1.54, 1.807) is 12.1 Å². The summed E-state index contributed by atoms with van der Waals surface area (Å²) in [6.07, 6.45) is 0.972. The van der Waals surface area contributed by atoms with Gasteiger partial charge in [0.15, 0.2) is 0 Å². The molecule has 3 aromatic rings. The number of aryl methyl sites for hydroxylation is 1. The normalized spacial score (nSPS) is 15.0. The molecule has 0 spiro atoms. The summed E-state index contributed by atoms with van der Waals surface area (Å²) in [5.41, 5.74) is 4.35. The van der Waals surface area contributed by atoms with E-state index in [-0.39, 0.29) is 5.63 Å². The van der Waals surface area contributed by atoms with Crippen molar-refractivity contribution in [2.24, 2.45) is 0 Å². The van der Waals surface area contributed by atoms with E-state index in [9.17, 15) is 4.79 Å². The molecule has 4 rings (SSSR count). The molecule has 1 aliphatic rings. The van der Waals surface area contributed by atoms with Gasteiger partial charge in [-0.25, -0.2) is 4.79 Å². The van der Waals surface area contributed by atoms with E-state index in [2.05, 4.69) is 41.8 Å². The molecule has 29 heavy (non-hydrogen) atoms. The Morgan fingerprint density at radius 2 is 1.79 bits per heavy atom. The summed E-state index contributed by atoms with van der Waals surface area (Å²) in [5, 5.41) is 0.902. The highest BCUT2D eigenvalue weighted by molar-refractivity contribution is 5.77. The molecule has 2 aromatic carbocycles. The Kier molecular flexibility index (Phi) is 5.86. The van der Waals surface area contributed by atoms with Crippen LogP contribution in [0.5, 0.6) is 5.75 Å². The van der Waals surface area contributed by atoms with Crippen LogP contribution in [0.4, 0.5) is 5.69 Å². The van der Waals surface area contributed by atoms with Crippen LogP contribution in [0, 0.1) is 13.8 Å². The lowest BCUT2D eigenvalue weighted by molar-refractivity contribution is 0.224. The first-order valence-electron chi connectivity index (χ1n) is 10.3. The van der Waals surface area contributed by atoms with Crippen molar-refractivity contribution in [3.8, 4) is 5.75 Å². The van der Waals surface area contributed by atoms with Gasteiger partial charge in [-0.2, -0.15) is 0 Å². The summed E-state index contributed by atoms with van der Waals surface area (Å²) in [4.78, 5) is 16.4. The summed E-state index contributed by atoms with van der Waals surface area (Å²) in [5.74, 6) is 0.742. The van der Waals surface area contributed by atoms with Crippen molar-refractivity contribution in [2.45, 2.75) is 20.3 Å². The first kappa shape index (κ1) is 19.5. The Labute approximate surface area is 171 Å². The largest absolute Gasteiger partial charge is 0.493 e. The minimum Gasteiger partial charge on any atom is -0.493 e. The van der Waals surface area contributed by atoms with Crippen molar-refractivity contribution in [1.29, 1.82) is 0 Å². The number of hydrogen-bond donors (Lipinski definition) is 0. The Morgan fingerprint density at radius 1 is 1.00 bits per heavy atom. The van der Waals surface area contributed by atoms with E-state index in [0.717, 1.165) is 50.3 Å². The van der Waals surface area contributed by atoms with Crippen LogP contribution in [0.15, 0.2) is 57.7 Å². The third-order valence-corrected chi connectivity index (χ3v) is 5.77. The monoisotopic (exact) mass is 392 g/mol. The molecule has 0 amide bonds. The summed E-state index contributed by atoms with van der Waals surface area (Å²) in [6.45, 7) is 10.4. The van der Waals surface area contributed by atoms with Crippen LogP contribution >= 0.6 is 0 Å². The molecule has 0 unspecified atom stereocenters. The zero-order valence-electron chi connectivity index (χ0n) is 17.2. The van der Waals surface area contributed by atoms with Crippen molar-refractivity contribution in [2.75, 3.05) is 44.2 Å².